The number of carbonyl (C=O) groups excluding carboxylic acids is 1. The number of urea groups is 1. The lowest BCUT2D eigenvalue weighted by molar-refractivity contribution is -0.137. The zero-order chi connectivity index (χ0) is 25.9. The van der Waals surface area contributed by atoms with Gasteiger partial charge in [0.05, 0.1) is 5.56 Å². The highest BCUT2D eigenvalue weighted by Gasteiger charge is 2.30. The Morgan fingerprint density at radius 3 is 2.22 bits per heavy atom. The predicted octanol–water partition coefficient (Wildman–Crippen LogP) is 5.96. The molecule has 190 valence electrons. The SMILES string of the molecule is CCc1nc(C)nc(N2CCN(C(=O)Nc3ccc(C(F)(F)F)cc3)CC2)c1Cc1ccc(Cl)cc1. The van der Waals surface area contributed by atoms with E-state index >= 15 is 0 Å². The topological polar surface area (TPSA) is 61.4 Å². The Bertz CT molecular complexity index is 1210. The minimum Gasteiger partial charge on any atom is -0.353 e. The molecule has 1 fully saturated rings. The van der Waals surface area contributed by atoms with Gasteiger partial charge in [0.1, 0.15) is 11.6 Å². The van der Waals surface area contributed by atoms with Gasteiger partial charge in [-0.3, -0.25) is 0 Å². The molecule has 1 aliphatic heterocycles. The fourth-order valence-electron chi connectivity index (χ4n) is 4.25. The highest BCUT2D eigenvalue weighted by molar-refractivity contribution is 6.30. The van der Waals surface area contributed by atoms with Gasteiger partial charge in [-0.25, -0.2) is 14.8 Å². The number of halogens is 4. The highest BCUT2D eigenvalue weighted by atomic mass is 35.5. The molecule has 2 heterocycles. The van der Waals surface area contributed by atoms with Gasteiger partial charge in [0.15, 0.2) is 0 Å². The molecular weight excluding hydrogens is 491 g/mol. The minimum atomic E-state index is -4.41. The number of aryl methyl sites for hydroxylation is 2. The highest BCUT2D eigenvalue weighted by Crippen LogP contribution is 2.30. The molecule has 0 spiro atoms. The van der Waals surface area contributed by atoms with Gasteiger partial charge in [-0.2, -0.15) is 13.2 Å². The molecule has 3 aromatic rings. The van der Waals surface area contributed by atoms with Crippen LogP contribution in [0.4, 0.5) is 29.5 Å². The summed E-state index contributed by atoms with van der Waals surface area (Å²) in [6, 6.07) is 11.8. The van der Waals surface area contributed by atoms with Gasteiger partial charge in [0.25, 0.3) is 0 Å². The molecule has 10 heteroatoms. The van der Waals surface area contributed by atoms with Gasteiger partial charge in [-0.15, -0.1) is 0 Å². The summed E-state index contributed by atoms with van der Waals surface area (Å²) in [4.78, 5) is 26.0. The van der Waals surface area contributed by atoms with Crippen molar-refractivity contribution in [2.24, 2.45) is 0 Å². The first-order chi connectivity index (χ1) is 17.1. The molecule has 36 heavy (non-hydrogen) atoms. The normalized spacial score (nSPS) is 14.2. The van der Waals surface area contributed by atoms with Crippen LogP contribution in [0.1, 0.15) is 35.1 Å². The summed E-state index contributed by atoms with van der Waals surface area (Å²) in [5, 5.41) is 3.37. The van der Waals surface area contributed by atoms with Crippen molar-refractivity contribution in [3.05, 3.63) is 81.8 Å². The lowest BCUT2D eigenvalue weighted by Gasteiger charge is -2.36. The van der Waals surface area contributed by atoms with E-state index in [1.807, 2.05) is 31.2 Å². The Morgan fingerprint density at radius 1 is 1.00 bits per heavy atom. The van der Waals surface area contributed by atoms with Crippen LogP contribution in [0.15, 0.2) is 48.5 Å². The molecule has 0 atom stereocenters. The van der Waals surface area contributed by atoms with Gasteiger partial charge in [0, 0.05) is 54.6 Å². The van der Waals surface area contributed by atoms with Crippen LogP contribution in [0.2, 0.25) is 5.02 Å². The number of hydrogen-bond donors (Lipinski definition) is 1. The molecule has 0 bridgehead atoms. The smallest absolute Gasteiger partial charge is 0.353 e. The van der Waals surface area contributed by atoms with Crippen LogP contribution in [0.5, 0.6) is 0 Å². The lowest BCUT2D eigenvalue weighted by atomic mass is 10.0. The van der Waals surface area contributed by atoms with Crippen molar-refractivity contribution in [2.75, 3.05) is 36.4 Å². The van der Waals surface area contributed by atoms with Crippen LogP contribution in [0.25, 0.3) is 0 Å². The van der Waals surface area contributed by atoms with Gasteiger partial charge in [-0.1, -0.05) is 30.7 Å². The molecule has 1 saturated heterocycles. The molecule has 6 nitrogen and oxygen atoms in total. The fourth-order valence-corrected chi connectivity index (χ4v) is 4.37. The van der Waals surface area contributed by atoms with E-state index in [9.17, 15) is 18.0 Å². The van der Waals surface area contributed by atoms with E-state index in [-0.39, 0.29) is 6.03 Å². The largest absolute Gasteiger partial charge is 0.416 e. The Kier molecular flexibility index (Phi) is 7.68. The molecule has 1 aliphatic rings. The lowest BCUT2D eigenvalue weighted by Crippen LogP contribution is -2.50. The third kappa shape index (κ3) is 6.07. The van der Waals surface area contributed by atoms with E-state index in [2.05, 4.69) is 22.1 Å². The summed E-state index contributed by atoms with van der Waals surface area (Å²) < 4.78 is 38.3. The van der Waals surface area contributed by atoms with Gasteiger partial charge in [-0.05, 0) is 55.3 Å². The zero-order valence-corrected chi connectivity index (χ0v) is 20.8. The second-order valence-electron chi connectivity index (χ2n) is 8.66. The predicted molar refractivity (Wildman–Crippen MR) is 135 cm³/mol. The number of aromatic nitrogens is 2. The third-order valence-corrected chi connectivity index (χ3v) is 6.39. The van der Waals surface area contributed by atoms with E-state index in [1.54, 1.807) is 4.90 Å². The first kappa shape index (κ1) is 25.8. The first-order valence-corrected chi connectivity index (χ1v) is 12.1. The molecule has 1 N–H and O–H groups in total. The number of rotatable bonds is 5. The first-order valence-electron chi connectivity index (χ1n) is 11.7. The molecule has 0 radical (unpaired) electrons. The third-order valence-electron chi connectivity index (χ3n) is 6.14. The molecule has 0 saturated carbocycles. The van der Waals surface area contributed by atoms with Crippen molar-refractivity contribution in [1.29, 1.82) is 0 Å². The number of benzene rings is 2. The Hall–Kier alpha value is -3.33. The van der Waals surface area contributed by atoms with Crippen LogP contribution in [0.3, 0.4) is 0 Å². The molecule has 1 aromatic heterocycles. The number of anilines is 2. The maximum Gasteiger partial charge on any atom is 0.416 e. The van der Waals surface area contributed by atoms with Crippen molar-refractivity contribution in [1.82, 2.24) is 14.9 Å². The summed E-state index contributed by atoms with van der Waals surface area (Å²) in [6.07, 6.45) is -2.97. The van der Waals surface area contributed by atoms with Crippen molar-refractivity contribution in [2.45, 2.75) is 32.9 Å². The second-order valence-corrected chi connectivity index (χ2v) is 9.09. The van der Waals surface area contributed by atoms with Crippen LogP contribution in [0, 0.1) is 6.92 Å². The van der Waals surface area contributed by atoms with Crippen molar-refractivity contribution in [3.63, 3.8) is 0 Å². The van der Waals surface area contributed by atoms with E-state index in [4.69, 9.17) is 16.6 Å². The number of amides is 2. The van der Waals surface area contributed by atoms with E-state index in [0.717, 1.165) is 41.2 Å². The van der Waals surface area contributed by atoms with E-state index in [0.29, 0.717) is 49.1 Å². The van der Waals surface area contributed by atoms with E-state index in [1.165, 1.54) is 12.1 Å². The Balaban J connectivity index is 1.45. The van der Waals surface area contributed by atoms with Crippen molar-refractivity contribution < 1.29 is 18.0 Å². The van der Waals surface area contributed by atoms with Crippen LogP contribution >= 0.6 is 11.6 Å². The van der Waals surface area contributed by atoms with Crippen LogP contribution < -0.4 is 10.2 Å². The second kappa shape index (κ2) is 10.7. The summed E-state index contributed by atoms with van der Waals surface area (Å²) >= 11 is 6.05. The maximum absolute atomic E-state index is 12.8. The van der Waals surface area contributed by atoms with Gasteiger partial charge >= 0.3 is 12.2 Å². The zero-order valence-electron chi connectivity index (χ0n) is 20.1. The number of alkyl halides is 3. The number of carbonyl (C=O) groups is 1. The monoisotopic (exact) mass is 517 g/mol. The average molecular weight is 518 g/mol. The van der Waals surface area contributed by atoms with Crippen LogP contribution in [-0.4, -0.2) is 47.1 Å². The van der Waals surface area contributed by atoms with Crippen molar-refractivity contribution >= 4 is 29.1 Å². The standard InChI is InChI=1S/C26H27ClF3N5O/c1-3-23-22(16-18-4-8-20(27)9-5-18)24(32-17(2)31-23)34-12-14-35(15-13-34)25(36)33-21-10-6-19(7-11-21)26(28,29)30/h4-11H,3,12-16H2,1-2H3,(H,33,36). The van der Waals surface area contributed by atoms with Crippen LogP contribution in [-0.2, 0) is 19.0 Å². The molecule has 0 unspecified atom stereocenters. The number of nitrogens with one attached hydrogen (secondary N) is 1. The summed E-state index contributed by atoms with van der Waals surface area (Å²) in [5.41, 5.74) is 2.73. The van der Waals surface area contributed by atoms with Gasteiger partial charge in [0.2, 0.25) is 0 Å². The van der Waals surface area contributed by atoms with Crippen molar-refractivity contribution in [3.8, 4) is 0 Å². The quantitative estimate of drug-likeness (QED) is 0.453. The minimum absolute atomic E-state index is 0.319. The number of hydrogen-bond acceptors (Lipinski definition) is 4. The fraction of sp³-hybridized carbons (Fsp3) is 0.346. The summed E-state index contributed by atoms with van der Waals surface area (Å²) in [5.74, 6) is 1.57. The molecule has 0 aliphatic carbocycles. The molecule has 4 rings (SSSR count). The van der Waals surface area contributed by atoms with E-state index < -0.39 is 11.7 Å². The molecule has 2 aromatic carbocycles. The summed E-state index contributed by atoms with van der Waals surface area (Å²) in [7, 11) is 0. The van der Waals surface area contributed by atoms with Gasteiger partial charge < -0.3 is 15.1 Å². The number of piperazine rings is 1. The average Bonchev–Trinajstić information content (AvgIpc) is 2.86. The molecule has 2 amide bonds. The Morgan fingerprint density at radius 2 is 1.64 bits per heavy atom. The Labute approximate surface area is 213 Å². The number of nitrogens with zero attached hydrogens (tertiary/aromatic N) is 4. The maximum atomic E-state index is 12.8. The summed E-state index contributed by atoms with van der Waals surface area (Å²) in [6.45, 7) is 6.01. The molecular formula is C26H27ClF3N5O.